The number of hydrogen-bond donors (Lipinski definition) is 1. The van der Waals surface area contributed by atoms with Crippen molar-refractivity contribution in [2.24, 2.45) is 0 Å². The molecule has 178 valence electrons. The lowest BCUT2D eigenvalue weighted by molar-refractivity contribution is -0.283. The van der Waals surface area contributed by atoms with E-state index >= 15 is 0 Å². The van der Waals surface area contributed by atoms with Crippen molar-refractivity contribution in [2.45, 2.75) is 32.8 Å². The molecule has 0 saturated heterocycles. The maximum atomic E-state index is 12.3. The molecule has 0 spiro atoms. The minimum atomic E-state index is -0.476. The van der Waals surface area contributed by atoms with Crippen molar-refractivity contribution in [1.29, 1.82) is 0 Å². The summed E-state index contributed by atoms with van der Waals surface area (Å²) in [6, 6.07) is 20.0. The van der Waals surface area contributed by atoms with Crippen molar-refractivity contribution in [2.75, 3.05) is 13.4 Å². The molecule has 1 atom stereocenters. The van der Waals surface area contributed by atoms with Crippen LogP contribution in [0, 0.1) is 6.92 Å². The summed E-state index contributed by atoms with van der Waals surface area (Å²) in [6.07, 6.45) is 2.48. The van der Waals surface area contributed by atoms with E-state index in [4.69, 9.17) is 19.1 Å². The molecular weight excluding hydrogens is 432 g/mol. The largest absolute Gasteiger partial charge is 0.467 e. The molecule has 0 bridgehead atoms. The number of benzene rings is 3. The van der Waals surface area contributed by atoms with E-state index < -0.39 is 12.1 Å². The standard InChI is InChI=1S/C28H30O6/c1-4-21-6-11-23(12-7-21)28(29)33-25-14-8-22(9-15-25)10-16-27(34-30)24-13-17-26(20(3)18-24)32-19-31-5-2/h4,6-9,11-15,17-18,27,30H,1,5,10,16,19H2,2-3H3. The number of carbonyl (C=O) groups excluding carboxylic acids is 1. The zero-order valence-electron chi connectivity index (χ0n) is 19.5. The smallest absolute Gasteiger partial charge is 0.343 e. The topological polar surface area (TPSA) is 74.2 Å². The lowest BCUT2D eigenvalue weighted by Crippen LogP contribution is -2.08. The molecule has 0 aromatic heterocycles. The fraction of sp³-hybridized carbons (Fsp3) is 0.250. The minimum absolute atomic E-state index is 0.198. The number of hydrogen-bond acceptors (Lipinski definition) is 6. The van der Waals surface area contributed by atoms with Gasteiger partial charge in [-0.2, -0.15) is 0 Å². The zero-order valence-corrected chi connectivity index (χ0v) is 19.5. The summed E-state index contributed by atoms with van der Waals surface area (Å²) in [5.74, 6) is 0.784. The van der Waals surface area contributed by atoms with E-state index in [0.717, 1.165) is 28.0 Å². The summed E-state index contributed by atoms with van der Waals surface area (Å²) < 4.78 is 16.3. The number of esters is 1. The van der Waals surface area contributed by atoms with Crippen LogP contribution in [0.2, 0.25) is 0 Å². The minimum Gasteiger partial charge on any atom is -0.467 e. The second-order valence-electron chi connectivity index (χ2n) is 7.77. The Kier molecular flexibility index (Phi) is 9.40. The van der Waals surface area contributed by atoms with Gasteiger partial charge in [-0.25, -0.2) is 9.68 Å². The Morgan fingerprint density at radius 2 is 1.79 bits per heavy atom. The van der Waals surface area contributed by atoms with Crippen molar-refractivity contribution in [3.05, 3.63) is 101 Å². The van der Waals surface area contributed by atoms with Crippen molar-refractivity contribution in [1.82, 2.24) is 0 Å². The van der Waals surface area contributed by atoms with Crippen LogP contribution >= 0.6 is 0 Å². The van der Waals surface area contributed by atoms with Crippen LogP contribution in [0.3, 0.4) is 0 Å². The van der Waals surface area contributed by atoms with E-state index in [1.165, 1.54) is 0 Å². The maximum Gasteiger partial charge on any atom is 0.343 e. The van der Waals surface area contributed by atoms with E-state index in [9.17, 15) is 10.1 Å². The Bertz CT molecular complexity index is 1070. The van der Waals surface area contributed by atoms with Crippen LogP contribution in [0.25, 0.3) is 6.08 Å². The van der Waals surface area contributed by atoms with Crippen LogP contribution in [0.15, 0.2) is 73.3 Å². The predicted octanol–water partition coefficient (Wildman–Crippen LogP) is 6.39. The average Bonchev–Trinajstić information content (AvgIpc) is 2.86. The van der Waals surface area contributed by atoms with E-state index in [2.05, 4.69) is 6.58 Å². The quantitative estimate of drug-likeness (QED) is 0.0839. The summed E-state index contributed by atoms with van der Waals surface area (Å²) in [5.41, 5.74) is 4.24. The first kappa shape index (κ1) is 25.2. The maximum absolute atomic E-state index is 12.3. The zero-order chi connectivity index (χ0) is 24.3. The summed E-state index contributed by atoms with van der Waals surface area (Å²) in [7, 11) is 0. The van der Waals surface area contributed by atoms with E-state index in [0.29, 0.717) is 30.8 Å². The first-order valence-electron chi connectivity index (χ1n) is 11.2. The molecule has 0 radical (unpaired) electrons. The Labute approximate surface area is 200 Å². The highest BCUT2D eigenvalue weighted by molar-refractivity contribution is 5.91. The highest BCUT2D eigenvalue weighted by Crippen LogP contribution is 2.28. The molecule has 34 heavy (non-hydrogen) atoms. The third-order valence-electron chi connectivity index (χ3n) is 5.41. The Balaban J connectivity index is 1.55. The van der Waals surface area contributed by atoms with Crippen LogP contribution in [-0.2, 0) is 16.0 Å². The molecule has 3 aromatic carbocycles. The molecule has 1 N–H and O–H groups in total. The molecule has 0 saturated carbocycles. The van der Waals surface area contributed by atoms with Gasteiger partial charge in [0.1, 0.15) is 17.6 Å². The van der Waals surface area contributed by atoms with Crippen LogP contribution in [0.4, 0.5) is 0 Å². The Hall–Kier alpha value is -3.45. The van der Waals surface area contributed by atoms with Gasteiger partial charge in [-0.1, -0.05) is 43.0 Å². The van der Waals surface area contributed by atoms with E-state index in [1.54, 1.807) is 30.3 Å². The molecule has 0 aliphatic carbocycles. The van der Waals surface area contributed by atoms with Gasteiger partial charge in [0, 0.05) is 6.61 Å². The van der Waals surface area contributed by atoms with Crippen LogP contribution in [-0.4, -0.2) is 24.6 Å². The van der Waals surface area contributed by atoms with Crippen LogP contribution < -0.4 is 9.47 Å². The van der Waals surface area contributed by atoms with Gasteiger partial charge in [0.05, 0.1) is 5.56 Å². The first-order chi connectivity index (χ1) is 16.5. The Morgan fingerprint density at radius 1 is 1.06 bits per heavy atom. The Morgan fingerprint density at radius 3 is 2.41 bits per heavy atom. The summed E-state index contributed by atoms with van der Waals surface area (Å²) in [4.78, 5) is 17.1. The molecule has 0 amide bonds. The lowest BCUT2D eigenvalue weighted by Gasteiger charge is -2.16. The van der Waals surface area contributed by atoms with Gasteiger partial charge in [-0.15, -0.1) is 0 Å². The second-order valence-corrected chi connectivity index (χ2v) is 7.77. The molecule has 6 heteroatoms. The molecule has 3 rings (SSSR count). The predicted molar refractivity (Wildman–Crippen MR) is 131 cm³/mol. The molecular formula is C28H30O6. The molecule has 0 fully saturated rings. The number of ether oxygens (including phenoxy) is 3. The molecule has 6 nitrogen and oxygen atoms in total. The molecule has 0 heterocycles. The number of aryl methyl sites for hydroxylation is 2. The van der Waals surface area contributed by atoms with Crippen molar-refractivity contribution < 1.29 is 29.1 Å². The van der Waals surface area contributed by atoms with Crippen molar-refractivity contribution in [3.63, 3.8) is 0 Å². The fourth-order valence-corrected chi connectivity index (χ4v) is 3.45. The van der Waals surface area contributed by atoms with E-state index in [1.807, 2.05) is 56.3 Å². The van der Waals surface area contributed by atoms with Crippen molar-refractivity contribution in [3.8, 4) is 11.5 Å². The molecule has 0 aliphatic rings. The molecule has 1 unspecified atom stereocenters. The van der Waals surface area contributed by atoms with Gasteiger partial charge in [0.25, 0.3) is 0 Å². The lowest BCUT2D eigenvalue weighted by atomic mass is 9.99. The fourth-order valence-electron chi connectivity index (χ4n) is 3.45. The van der Waals surface area contributed by atoms with E-state index in [-0.39, 0.29) is 6.79 Å². The first-order valence-corrected chi connectivity index (χ1v) is 11.2. The van der Waals surface area contributed by atoms with Gasteiger partial charge < -0.3 is 14.2 Å². The highest BCUT2D eigenvalue weighted by Gasteiger charge is 2.15. The second kappa shape index (κ2) is 12.7. The van der Waals surface area contributed by atoms with Gasteiger partial charge in [0.15, 0.2) is 6.79 Å². The van der Waals surface area contributed by atoms with Crippen LogP contribution in [0.1, 0.15) is 52.1 Å². The normalized spacial score (nSPS) is 11.6. The molecule has 3 aromatic rings. The van der Waals surface area contributed by atoms with Crippen LogP contribution in [0.5, 0.6) is 11.5 Å². The van der Waals surface area contributed by atoms with Crippen molar-refractivity contribution >= 4 is 12.0 Å². The monoisotopic (exact) mass is 462 g/mol. The van der Waals surface area contributed by atoms with Gasteiger partial charge in [-0.05, 0) is 85.3 Å². The average molecular weight is 463 g/mol. The number of carbonyl (C=O) groups is 1. The number of rotatable bonds is 12. The SMILES string of the molecule is C=Cc1ccc(C(=O)Oc2ccc(CCC(OO)c3ccc(OCOCC)c(C)c3)cc2)cc1. The van der Waals surface area contributed by atoms with Gasteiger partial charge >= 0.3 is 5.97 Å². The third-order valence-corrected chi connectivity index (χ3v) is 5.41. The third kappa shape index (κ3) is 7.02. The van der Waals surface area contributed by atoms with Gasteiger partial charge in [-0.3, -0.25) is 5.26 Å². The molecule has 0 aliphatic heterocycles. The summed E-state index contributed by atoms with van der Waals surface area (Å²) >= 11 is 0. The summed E-state index contributed by atoms with van der Waals surface area (Å²) in [6.45, 7) is 8.34. The highest BCUT2D eigenvalue weighted by atomic mass is 17.1. The summed E-state index contributed by atoms with van der Waals surface area (Å²) in [5, 5.41) is 9.46. The van der Waals surface area contributed by atoms with Gasteiger partial charge in [0.2, 0.25) is 0 Å².